The molecular weight excluding hydrogens is 422 g/mol. The molecule has 0 saturated carbocycles. The molecule has 2 aliphatic rings. The van der Waals surface area contributed by atoms with Crippen LogP contribution in [0.4, 0.5) is 0 Å². The van der Waals surface area contributed by atoms with E-state index in [0.29, 0.717) is 52.7 Å². The van der Waals surface area contributed by atoms with Crippen LogP contribution in [-0.2, 0) is 16.8 Å². The predicted molar refractivity (Wildman–Crippen MR) is 125 cm³/mol. The van der Waals surface area contributed by atoms with Crippen LogP contribution in [0.1, 0.15) is 56.1 Å². The molecule has 1 aromatic heterocycles. The van der Waals surface area contributed by atoms with Gasteiger partial charge in [-0.25, -0.2) is 0 Å². The molecular formula is C26H33NO6. The zero-order chi connectivity index (χ0) is 24.1. The lowest BCUT2D eigenvalue weighted by Crippen LogP contribution is -2.48. The maximum absolute atomic E-state index is 12.7. The fourth-order valence-corrected chi connectivity index (χ4v) is 5.57. The average Bonchev–Trinajstić information content (AvgIpc) is 3.19. The van der Waals surface area contributed by atoms with E-state index in [1.807, 2.05) is 26.8 Å². The van der Waals surface area contributed by atoms with Crippen molar-refractivity contribution in [2.75, 3.05) is 27.4 Å². The summed E-state index contributed by atoms with van der Waals surface area (Å²) in [4.78, 5) is 0. The molecule has 0 fully saturated rings. The van der Waals surface area contributed by atoms with Gasteiger partial charge in [-0.05, 0) is 32.6 Å². The summed E-state index contributed by atoms with van der Waals surface area (Å²) in [5.74, 6) is 1.20. The Labute approximate surface area is 194 Å². The van der Waals surface area contributed by atoms with Crippen LogP contribution in [-0.4, -0.2) is 42.8 Å². The van der Waals surface area contributed by atoms with E-state index in [-0.39, 0.29) is 24.2 Å². The standard InChI is InChI=1S/C26H33NO6/c1-8-32-15(5)26(29)23-16(9-13(2)3)18(30-6)11-19(31-7)21(23)25-22-20(33-27-25)10-14(4)17(12-28)24(22)26/h9,11,14,17,24,28-29H,5,8,10,12H2,1-4,6-7H3/t14-,17+,24?,26-/m0/s1. The zero-order valence-corrected chi connectivity index (χ0v) is 20.2. The third-order valence-electron chi connectivity index (χ3n) is 6.97. The van der Waals surface area contributed by atoms with Crippen molar-refractivity contribution >= 4 is 6.08 Å². The summed E-state index contributed by atoms with van der Waals surface area (Å²) in [5, 5.41) is 27.6. The molecule has 0 saturated heterocycles. The van der Waals surface area contributed by atoms with Crippen LogP contribution in [0, 0.1) is 11.8 Å². The Morgan fingerprint density at radius 3 is 2.58 bits per heavy atom. The second-order valence-corrected chi connectivity index (χ2v) is 9.16. The van der Waals surface area contributed by atoms with E-state index in [0.717, 1.165) is 11.1 Å². The number of methoxy groups -OCH3 is 2. The van der Waals surface area contributed by atoms with Crippen molar-refractivity contribution in [1.29, 1.82) is 0 Å². The van der Waals surface area contributed by atoms with E-state index in [4.69, 9.17) is 18.7 Å². The highest BCUT2D eigenvalue weighted by atomic mass is 16.5. The van der Waals surface area contributed by atoms with Crippen molar-refractivity contribution in [2.24, 2.45) is 11.8 Å². The summed E-state index contributed by atoms with van der Waals surface area (Å²) in [6, 6.07) is 1.80. The Bertz CT molecular complexity index is 1110. The van der Waals surface area contributed by atoms with E-state index < -0.39 is 11.5 Å². The lowest BCUT2D eigenvalue weighted by atomic mass is 9.58. The Morgan fingerprint density at radius 1 is 1.30 bits per heavy atom. The fourth-order valence-electron chi connectivity index (χ4n) is 5.57. The second kappa shape index (κ2) is 8.54. The molecule has 0 bridgehead atoms. The minimum Gasteiger partial charge on any atom is -0.496 e. The van der Waals surface area contributed by atoms with Gasteiger partial charge in [0.25, 0.3) is 0 Å². The highest BCUT2D eigenvalue weighted by Crippen LogP contribution is 2.62. The molecule has 0 amide bonds. The Kier molecular flexibility index (Phi) is 6.05. The molecule has 178 valence electrons. The van der Waals surface area contributed by atoms with Crippen LogP contribution in [0.15, 0.2) is 28.5 Å². The summed E-state index contributed by atoms with van der Waals surface area (Å²) >= 11 is 0. The van der Waals surface area contributed by atoms with Crippen LogP contribution in [0.3, 0.4) is 0 Å². The molecule has 1 unspecified atom stereocenters. The first kappa shape index (κ1) is 23.4. The summed E-state index contributed by atoms with van der Waals surface area (Å²) in [6.45, 7) is 12.3. The number of hydrogen-bond acceptors (Lipinski definition) is 7. The van der Waals surface area contributed by atoms with Crippen molar-refractivity contribution in [2.45, 2.75) is 45.6 Å². The van der Waals surface area contributed by atoms with Gasteiger partial charge < -0.3 is 28.9 Å². The largest absolute Gasteiger partial charge is 0.496 e. The summed E-state index contributed by atoms with van der Waals surface area (Å²) in [5.41, 5.74) is 2.62. The van der Waals surface area contributed by atoms with E-state index in [1.165, 1.54) is 0 Å². The van der Waals surface area contributed by atoms with Crippen LogP contribution in [0.2, 0.25) is 0 Å². The smallest absolute Gasteiger partial charge is 0.155 e. The molecule has 7 nitrogen and oxygen atoms in total. The minimum absolute atomic E-state index is 0.0511. The van der Waals surface area contributed by atoms with Gasteiger partial charge in [-0.15, -0.1) is 0 Å². The van der Waals surface area contributed by atoms with Crippen LogP contribution in [0.25, 0.3) is 17.3 Å². The predicted octanol–water partition coefficient (Wildman–Crippen LogP) is 4.42. The number of fused-ring (bicyclic) bond motifs is 2. The first-order valence-corrected chi connectivity index (χ1v) is 11.3. The molecule has 4 atom stereocenters. The monoisotopic (exact) mass is 455 g/mol. The van der Waals surface area contributed by atoms with Crippen LogP contribution >= 0.6 is 0 Å². The van der Waals surface area contributed by atoms with Crippen molar-refractivity contribution in [3.8, 4) is 22.8 Å². The van der Waals surface area contributed by atoms with Crippen molar-refractivity contribution in [3.63, 3.8) is 0 Å². The number of hydrogen-bond donors (Lipinski definition) is 2. The molecule has 0 aliphatic heterocycles. The van der Waals surface area contributed by atoms with E-state index in [1.54, 1.807) is 20.3 Å². The minimum atomic E-state index is -1.68. The van der Waals surface area contributed by atoms with Crippen LogP contribution < -0.4 is 9.47 Å². The number of aromatic nitrogens is 1. The van der Waals surface area contributed by atoms with E-state index in [2.05, 4.69) is 18.7 Å². The van der Waals surface area contributed by atoms with Gasteiger partial charge in [0.2, 0.25) is 0 Å². The highest BCUT2D eigenvalue weighted by Gasteiger charge is 2.58. The molecule has 0 spiro atoms. The lowest BCUT2D eigenvalue weighted by Gasteiger charge is -2.48. The molecule has 7 heteroatoms. The van der Waals surface area contributed by atoms with Gasteiger partial charge >= 0.3 is 0 Å². The molecule has 1 aromatic carbocycles. The Balaban J connectivity index is 2.21. The lowest BCUT2D eigenvalue weighted by molar-refractivity contribution is -0.0513. The number of nitrogens with zero attached hydrogens (tertiary/aromatic N) is 1. The molecule has 2 aromatic rings. The number of aliphatic hydroxyl groups excluding tert-OH is 1. The molecule has 1 heterocycles. The Hall–Kier alpha value is -2.77. The molecule has 4 rings (SSSR count). The van der Waals surface area contributed by atoms with Gasteiger partial charge in [-0.3, -0.25) is 0 Å². The van der Waals surface area contributed by atoms with Gasteiger partial charge in [0, 0.05) is 41.7 Å². The van der Waals surface area contributed by atoms with Crippen LogP contribution in [0.5, 0.6) is 11.5 Å². The molecule has 0 radical (unpaired) electrons. The van der Waals surface area contributed by atoms with Crippen molar-refractivity contribution in [3.05, 3.63) is 46.4 Å². The highest BCUT2D eigenvalue weighted by molar-refractivity contribution is 5.86. The number of ether oxygens (including phenoxy) is 3. The number of allylic oxidation sites excluding steroid dienone is 1. The molecule has 2 N–H and O–H groups in total. The van der Waals surface area contributed by atoms with Gasteiger partial charge in [0.15, 0.2) is 5.60 Å². The van der Waals surface area contributed by atoms with Crippen molar-refractivity contribution < 1.29 is 28.9 Å². The molecule has 2 aliphatic carbocycles. The average molecular weight is 456 g/mol. The fraction of sp³-hybridized carbons (Fsp3) is 0.500. The van der Waals surface area contributed by atoms with Crippen molar-refractivity contribution in [1.82, 2.24) is 5.16 Å². The van der Waals surface area contributed by atoms with Gasteiger partial charge in [-0.1, -0.05) is 30.3 Å². The maximum Gasteiger partial charge on any atom is 0.155 e. The van der Waals surface area contributed by atoms with E-state index >= 15 is 0 Å². The zero-order valence-electron chi connectivity index (χ0n) is 20.2. The van der Waals surface area contributed by atoms with Gasteiger partial charge in [0.05, 0.1) is 26.4 Å². The number of aliphatic hydroxyl groups is 2. The summed E-state index contributed by atoms with van der Waals surface area (Å²) in [6.07, 6.45) is 2.59. The topological polar surface area (TPSA) is 94.2 Å². The Morgan fingerprint density at radius 2 is 2.00 bits per heavy atom. The van der Waals surface area contributed by atoms with Gasteiger partial charge in [0.1, 0.15) is 28.7 Å². The first-order valence-electron chi connectivity index (χ1n) is 11.3. The van der Waals surface area contributed by atoms with E-state index in [9.17, 15) is 10.2 Å². The quantitative estimate of drug-likeness (QED) is 0.597. The number of rotatable bonds is 7. The first-order chi connectivity index (χ1) is 15.7. The molecule has 33 heavy (non-hydrogen) atoms. The number of benzene rings is 1. The maximum atomic E-state index is 12.7. The third-order valence-corrected chi connectivity index (χ3v) is 6.97. The SMILES string of the molecule is C=C(OCC)[C@]1(O)c2c(C=C(C)C)c(OC)cc(OC)c2-c2noc3c2C1[C@H](CO)[C@@H](C)C3. The normalized spacial score (nSPS) is 25.0. The van der Waals surface area contributed by atoms with Gasteiger partial charge in [-0.2, -0.15) is 0 Å². The third kappa shape index (κ3) is 3.28. The second-order valence-electron chi connectivity index (χ2n) is 9.16. The summed E-state index contributed by atoms with van der Waals surface area (Å²) in [7, 11) is 3.16. The summed E-state index contributed by atoms with van der Waals surface area (Å²) < 4.78 is 23.2.